The van der Waals surface area contributed by atoms with Crippen LogP contribution in [0.25, 0.3) is 71.2 Å². The number of fused-ring (bicyclic) bond motifs is 21. The molecule has 8 aliphatic rings. The number of pyridine rings is 2. The van der Waals surface area contributed by atoms with Crippen molar-refractivity contribution in [1.29, 1.82) is 0 Å². The van der Waals surface area contributed by atoms with Crippen molar-refractivity contribution >= 4 is 60.0 Å². The minimum absolute atomic E-state index is 0.610. The minimum atomic E-state index is 0.610. The van der Waals surface area contributed by atoms with E-state index in [1.54, 1.807) is 11.1 Å². The maximum Gasteiger partial charge on any atom is 0.136 e. The third-order valence-corrected chi connectivity index (χ3v) is 18.1. The molecule has 8 aromatic rings. The summed E-state index contributed by atoms with van der Waals surface area (Å²) in [5, 5.41) is 8.37. The summed E-state index contributed by atoms with van der Waals surface area (Å²) in [6.45, 7) is 0. The SMILES string of the molecule is c1ccc2c(c1)oc1cccc(-c3cc4c5c6c(ncc5n5c7cnc8c(c7c(c3)c45)C3CC4CC5CC8CC54C3)C3CC4CC5CC6CC45C3)c12. The van der Waals surface area contributed by atoms with Crippen LogP contribution >= 0.6 is 0 Å². The second-order valence-electron chi connectivity index (χ2n) is 19.4. The molecule has 252 valence electrons. The van der Waals surface area contributed by atoms with Crippen molar-refractivity contribution in [3.05, 3.63) is 89.5 Å². The van der Waals surface area contributed by atoms with Crippen LogP contribution in [0.3, 0.4) is 0 Å². The Kier molecular flexibility index (Phi) is 4.08. The molecule has 16 rings (SSSR count). The fourth-order valence-corrected chi connectivity index (χ4v) is 16.4. The Morgan fingerprint density at radius 3 is 1.75 bits per heavy atom. The molecular formula is C48H39N3O. The fourth-order valence-electron chi connectivity index (χ4n) is 16.4. The van der Waals surface area contributed by atoms with Gasteiger partial charge in [0.05, 0.1) is 28.9 Å². The van der Waals surface area contributed by atoms with Crippen LogP contribution in [0.15, 0.2) is 71.4 Å². The van der Waals surface area contributed by atoms with Crippen molar-refractivity contribution in [1.82, 2.24) is 14.4 Å². The molecule has 6 bridgehead atoms. The molecule has 0 N–H and O–H groups in total. The van der Waals surface area contributed by atoms with E-state index in [1.165, 1.54) is 136 Å². The quantitative estimate of drug-likeness (QED) is 0.174. The third kappa shape index (κ3) is 2.60. The van der Waals surface area contributed by atoms with Gasteiger partial charge in [0.1, 0.15) is 11.2 Å². The average molecular weight is 674 g/mol. The van der Waals surface area contributed by atoms with E-state index in [2.05, 4.69) is 71.4 Å². The van der Waals surface area contributed by atoms with Crippen molar-refractivity contribution in [2.75, 3.05) is 0 Å². The zero-order valence-electron chi connectivity index (χ0n) is 29.3. The zero-order chi connectivity index (χ0) is 33.0. The standard InChI is InChI=1S/C48H39N3O/c1-2-6-37-32(4-1)41-31(5-3-7-38(41)52-37)22-12-33-42-35(20-49-44-25-10-29-14-27-8-23(39(42)44)16-47(27,29)18-25)51-36-21-50-45-26-11-30-15-28-9-24(17-48(28,30)19-26)40(45)43(36)34(13-22)46(33)51/h1-7,12-13,20-21,23-30H,8-11,14-19H2. The number of aromatic nitrogens is 3. The van der Waals surface area contributed by atoms with E-state index in [1.807, 2.05) is 0 Å². The largest absolute Gasteiger partial charge is 0.456 e. The normalized spacial score (nSPS) is 37.0. The van der Waals surface area contributed by atoms with Gasteiger partial charge in [-0.1, -0.05) is 30.3 Å². The summed E-state index contributed by atoms with van der Waals surface area (Å²) < 4.78 is 9.13. The van der Waals surface area contributed by atoms with Gasteiger partial charge in [0, 0.05) is 55.5 Å². The first kappa shape index (κ1) is 26.3. The highest BCUT2D eigenvalue weighted by atomic mass is 16.3. The van der Waals surface area contributed by atoms with E-state index in [0.717, 1.165) is 34.8 Å². The molecule has 5 aromatic heterocycles. The maximum atomic E-state index is 6.49. The molecule has 0 aliphatic heterocycles. The van der Waals surface area contributed by atoms with Crippen LogP contribution in [0.4, 0.5) is 0 Å². The number of rotatable bonds is 1. The van der Waals surface area contributed by atoms with Gasteiger partial charge in [-0.3, -0.25) is 9.97 Å². The van der Waals surface area contributed by atoms with Crippen LogP contribution in [0.1, 0.15) is 110 Å². The van der Waals surface area contributed by atoms with Crippen LogP contribution in [0.5, 0.6) is 0 Å². The second kappa shape index (κ2) is 8.05. The zero-order valence-corrected chi connectivity index (χ0v) is 29.3. The summed E-state index contributed by atoms with van der Waals surface area (Å²) in [6.07, 6.45) is 18.6. The molecule has 2 spiro atoms. The Labute approximate surface area is 300 Å². The summed E-state index contributed by atoms with van der Waals surface area (Å²) in [5.74, 6) is 6.32. The molecule has 6 saturated carbocycles. The lowest BCUT2D eigenvalue weighted by atomic mass is 9.56. The summed E-state index contributed by atoms with van der Waals surface area (Å²) in [4.78, 5) is 11.1. The van der Waals surface area contributed by atoms with Crippen LogP contribution in [0.2, 0.25) is 0 Å². The molecule has 4 nitrogen and oxygen atoms in total. The van der Waals surface area contributed by atoms with E-state index in [9.17, 15) is 0 Å². The van der Waals surface area contributed by atoms with E-state index < -0.39 is 0 Å². The lowest BCUT2D eigenvalue weighted by Crippen LogP contribution is -2.41. The first-order valence-corrected chi connectivity index (χ1v) is 20.6. The first-order chi connectivity index (χ1) is 25.6. The molecule has 10 atom stereocenters. The fraction of sp³-hybridized carbons (Fsp3) is 0.417. The molecule has 3 aromatic carbocycles. The van der Waals surface area contributed by atoms with Gasteiger partial charge in [-0.15, -0.1) is 0 Å². The van der Waals surface area contributed by atoms with E-state index in [4.69, 9.17) is 14.4 Å². The Morgan fingerprint density at radius 1 is 0.558 bits per heavy atom. The molecule has 5 heterocycles. The van der Waals surface area contributed by atoms with Gasteiger partial charge < -0.3 is 8.82 Å². The Hall–Kier alpha value is -4.44. The molecular weight excluding hydrogens is 635 g/mol. The number of furan rings is 1. The predicted octanol–water partition coefficient (Wildman–Crippen LogP) is 12.0. The molecule has 8 aliphatic carbocycles. The predicted molar refractivity (Wildman–Crippen MR) is 205 cm³/mol. The van der Waals surface area contributed by atoms with Gasteiger partial charge in [-0.25, -0.2) is 0 Å². The molecule has 10 unspecified atom stereocenters. The molecule has 0 radical (unpaired) electrons. The highest BCUT2D eigenvalue weighted by Gasteiger charge is 2.67. The summed E-state index contributed by atoms with van der Waals surface area (Å²) in [6, 6.07) is 20.5. The highest BCUT2D eigenvalue weighted by molar-refractivity contribution is 6.26. The van der Waals surface area contributed by atoms with Gasteiger partial charge in [-0.2, -0.15) is 0 Å². The van der Waals surface area contributed by atoms with Crippen molar-refractivity contribution in [3.8, 4) is 11.1 Å². The van der Waals surface area contributed by atoms with Gasteiger partial charge >= 0.3 is 0 Å². The molecule has 0 amide bonds. The molecule has 0 saturated heterocycles. The summed E-state index contributed by atoms with van der Waals surface area (Å²) in [5.41, 5.74) is 16.0. The van der Waals surface area contributed by atoms with Gasteiger partial charge in [0.2, 0.25) is 0 Å². The second-order valence-corrected chi connectivity index (χ2v) is 19.4. The van der Waals surface area contributed by atoms with Crippen molar-refractivity contribution in [3.63, 3.8) is 0 Å². The van der Waals surface area contributed by atoms with Crippen molar-refractivity contribution in [2.45, 2.75) is 87.9 Å². The minimum Gasteiger partial charge on any atom is -0.456 e. The van der Waals surface area contributed by atoms with E-state index in [-0.39, 0.29) is 0 Å². The van der Waals surface area contributed by atoms with Crippen LogP contribution in [-0.2, 0) is 0 Å². The molecule has 4 heteroatoms. The Bertz CT molecular complexity index is 2880. The van der Waals surface area contributed by atoms with Gasteiger partial charge in [0.15, 0.2) is 0 Å². The van der Waals surface area contributed by atoms with Gasteiger partial charge in [-0.05, 0) is 157 Å². The Balaban J connectivity index is 1.08. The van der Waals surface area contributed by atoms with Crippen LogP contribution < -0.4 is 0 Å². The lowest BCUT2D eigenvalue weighted by molar-refractivity contribution is 0.00321. The van der Waals surface area contributed by atoms with E-state index >= 15 is 0 Å². The number of hydrogen-bond acceptors (Lipinski definition) is 3. The number of hydrogen-bond donors (Lipinski definition) is 0. The van der Waals surface area contributed by atoms with Gasteiger partial charge in [0.25, 0.3) is 0 Å². The number of para-hydroxylation sites is 1. The summed E-state index contributed by atoms with van der Waals surface area (Å²) >= 11 is 0. The van der Waals surface area contributed by atoms with E-state index in [0.29, 0.717) is 34.5 Å². The average Bonchev–Trinajstić information content (AvgIpc) is 4.00. The van der Waals surface area contributed by atoms with Crippen LogP contribution in [0, 0.1) is 34.5 Å². The number of nitrogens with zero attached hydrogens (tertiary/aromatic N) is 3. The van der Waals surface area contributed by atoms with Crippen molar-refractivity contribution < 1.29 is 4.42 Å². The molecule has 6 fully saturated rings. The first-order valence-electron chi connectivity index (χ1n) is 20.6. The maximum absolute atomic E-state index is 6.49. The highest BCUT2D eigenvalue weighted by Crippen LogP contribution is 2.77. The smallest absolute Gasteiger partial charge is 0.136 e. The molecule has 52 heavy (non-hydrogen) atoms. The summed E-state index contributed by atoms with van der Waals surface area (Å²) in [7, 11) is 0. The third-order valence-electron chi connectivity index (χ3n) is 18.1. The topological polar surface area (TPSA) is 43.3 Å². The number of benzene rings is 3. The van der Waals surface area contributed by atoms with Crippen LogP contribution in [-0.4, -0.2) is 14.4 Å². The Morgan fingerprint density at radius 2 is 1.12 bits per heavy atom. The lowest BCUT2D eigenvalue weighted by Gasteiger charge is -2.48. The van der Waals surface area contributed by atoms with Crippen molar-refractivity contribution in [2.24, 2.45) is 34.5 Å². The monoisotopic (exact) mass is 673 g/mol.